The predicted molar refractivity (Wildman–Crippen MR) is 63.9 cm³/mol. The number of hydrogen-bond acceptors (Lipinski definition) is 2. The molecule has 2 nitrogen and oxygen atoms in total. The van der Waals surface area contributed by atoms with Crippen LogP contribution in [0.5, 0.6) is 0 Å². The van der Waals surface area contributed by atoms with Gasteiger partial charge >= 0.3 is 0 Å². The van der Waals surface area contributed by atoms with Gasteiger partial charge in [0.15, 0.2) is 6.29 Å². The molecule has 0 aromatic carbocycles. The van der Waals surface area contributed by atoms with E-state index in [4.69, 9.17) is 15.9 Å². The van der Waals surface area contributed by atoms with Crippen molar-refractivity contribution in [1.82, 2.24) is 0 Å². The van der Waals surface area contributed by atoms with Crippen molar-refractivity contribution in [2.24, 2.45) is 5.92 Å². The summed E-state index contributed by atoms with van der Waals surface area (Å²) in [6.07, 6.45) is 15.3. The molecule has 1 aliphatic carbocycles. The zero-order valence-electron chi connectivity index (χ0n) is 9.99. The first-order valence-corrected chi connectivity index (χ1v) is 6.63. The Hall–Kier alpha value is -0.520. The molecule has 2 atom stereocenters. The van der Waals surface area contributed by atoms with E-state index in [9.17, 15) is 0 Å². The summed E-state index contributed by atoms with van der Waals surface area (Å²) in [5.41, 5.74) is 0. The lowest BCUT2D eigenvalue weighted by molar-refractivity contribution is -0.187. The van der Waals surface area contributed by atoms with Crippen molar-refractivity contribution in [3.8, 4) is 12.3 Å². The lowest BCUT2D eigenvalue weighted by atomic mass is 9.85. The lowest BCUT2D eigenvalue weighted by Gasteiger charge is -2.31. The Labute approximate surface area is 98.7 Å². The third-order valence-corrected chi connectivity index (χ3v) is 3.68. The molecule has 0 N–H and O–H groups in total. The van der Waals surface area contributed by atoms with Crippen molar-refractivity contribution in [2.45, 2.75) is 63.8 Å². The maximum absolute atomic E-state index is 5.92. The number of terminal acetylenes is 1. The minimum Gasteiger partial charge on any atom is -0.353 e. The molecule has 2 aliphatic rings. The van der Waals surface area contributed by atoms with E-state index in [-0.39, 0.29) is 12.4 Å². The van der Waals surface area contributed by atoms with Gasteiger partial charge in [-0.15, -0.1) is 6.42 Å². The molecule has 90 valence electrons. The summed E-state index contributed by atoms with van der Waals surface area (Å²) >= 11 is 0. The molecular weight excluding hydrogens is 200 g/mol. The fraction of sp³-hybridized carbons (Fsp3) is 0.857. The SMILES string of the molecule is C#C[C@@H](OC1CCCCO1)C1CCCCC1. The maximum atomic E-state index is 5.92. The molecule has 0 aromatic rings. The zero-order valence-corrected chi connectivity index (χ0v) is 9.99. The molecule has 1 saturated heterocycles. The van der Waals surface area contributed by atoms with Crippen LogP contribution in [0, 0.1) is 18.3 Å². The lowest BCUT2D eigenvalue weighted by Crippen LogP contribution is -2.32. The third kappa shape index (κ3) is 3.23. The molecule has 2 rings (SSSR count). The van der Waals surface area contributed by atoms with Gasteiger partial charge in [0.2, 0.25) is 0 Å². The summed E-state index contributed by atoms with van der Waals surface area (Å²) < 4.78 is 11.5. The molecule has 16 heavy (non-hydrogen) atoms. The first-order chi connectivity index (χ1) is 7.90. The fourth-order valence-corrected chi connectivity index (χ4v) is 2.71. The quantitative estimate of drug-likeness (QED) is 0.683. The van der Waals surface area contributed by atoms with Gasteiger partial charge in [-0.25, -0.2) is 0 Å². The molecule has 0 amide bonds. The Morgan fingerprint density at radius 2 is 1.81 bits per heavy atom. The third-order valence-electron chi connectivity index (χ3n) is 3.68. The fourth-order valence-electron chi connectivity index (χ4n) is 2.71. The van der Waals surface area contributed by atoms with Crippen LogP contribution >= 0.6 is 0 Å². The van der Waals surface area contributed by atoms with Crippen molar-refractivity contribution >= 4 is 0 Å². The highest BCUT2D eigenvalue weighted by Crippen LogP contribution is 2.29. The molecule has 1 aliphatic heterocycles. The zero-order chi connectivity index (χ0) is 11.2. The Morgan fingerprint density at radius 3 is 2.44 bits per heavy atom. The van der Waals surface area contributed by atoms with Gasteiger partial charge in [-0.3, -0.25) is 0 Å². The van der Waals surface area contributed by atoms with Crippen molar-refractivity contribution in [3.05, 3.63) is 0 Å². The second-order valence-corrected chi connectivity index (χ2v) is 4.92. The summed E-state index contributed by atoms with van der Waals surface area (Å²) in [6.45, 7) is 0.826. The topological polar surface area (TPSA) is 18.5 Å². The second-order valence-electron chi connectivity index (χ2n) is 4.92. The van der Waals surface area contributed by atoms with E-state index in [2.05, 4.69) is 5.92 Å². The highest BCUT2D eigenvalue weighted by Gasteiger charge is 2.26. The number of hydrogen-bond donors (Lipinski definition) is 0. The van der Waals surface area contributed by atoms with Gasteiger partial charge in [-0.2, -0.15) is 0 Å². The van der Waals surface area contributed by atoms with Gasteiger partial charge in [0.25, 0.3) is 0 Å². The summed E-state index contributed by atoms with van der Waals surface area (Å²) in [5, 5.41) is 0. The molecule has 0 spiro atoms. The van der Waals surface area contributed by atoms with E-state index in [0.717, 1.165) is 19.4 Å². The molecule has 0 bridgehead atoms. The van der Waals surface area contributed by atoms with Crippen LogP contribution in [0.15, 0.2) is 0 Å². The van der Waals surface area contributed by atoms with Crippen LogP contribution in [-0.2, 0) is 9.47 Å². The average Bonchev–Trinajstić information content (AvgIpc) is 2.38. The molecule has 1 heterocycles. The van der Waals surface area contributed by atoms with E-state index in [1.807, 2.05) is 0 Å². The van der Waals surface area contributed by atoms with E-state index < -0.39 is 0 Å². The van der Waals surface area contributed by atoms with E-state index in [0.29, 0.717) is 5.92 Å². The molecule has 1 unspecified atom stereocenters. The average molecular weight is 222 g/mol. The molecule has 2 heteroatoms. The standard InChI is InChI=1S/C14H22O2/c1-2-13(12-8-4-3-5-9-12)16-14-10-6-7-11-15-14/h1,12-14H,3-11H2/t13-,14?/m1/s1. The van der Waals surface area contributed by atoms with Crippen molar-refractivity contribution < 1.29 is 9.47 Å². The van der Waals surface area contributed by atoms with Crippen LogP contribution in [0.25, 0.3) is 0 Å². The van der Waals surface area contributed by atoms with E-state index >= 15 is 0 Å². The highest BCUT2D eigenvalue weighted by molar-refractivity contribution is 4.99. The minimum absolute atomic E-state index is 0.0246. The Morgan fingerprint density at radius 1 is 1.06 bits per heavy atom. The smallest absolute Gasteiger partial charge is 0.159 e. The van der Waals surface area contributed by atoms with Crippen molar-refractivity contribution in [3.63, 3.8) is 0 Å². The first-order valence-electron chi connectivity index (χ1n) is 6.63. The Kier molecular flexibility index (Phi) is 4.69. The Balaban J connectivity index is 1.81. The minimum atomic E-state index is -0.0447. The van der Waals surface area contributed by atoms with Crippen molar-refractivity contribution in [2.75, 3.05) is 6.61 Å². The van der Waals surface area contributed by atoms with Crippen LogP contribution < -0.4 is 0 Å². The molecule has 1 saturated carbocycles. The number of rotatable bonds is 3. The largest absolute Gasteiger partial charge is 0.353 e. The summed E-state index contributed by atoms with van der Waals surface area (Å²) in [4.78, 5) is 0. The van der Waals surface area contributed by atoms with Crippen LogP contribution in [0.1, 0.15) is 51.4 Å². The van der Waals surface area contributed by atoms with Crippen LogP contribution in [0.4, 0.5) is 0 Å². The van der Waals surface area contributed by atoms with Crippen LogP contribution in [0.3, 0.4) is 0 Å². The maximum Gasteiger partial charge on any atom is 0.159 e. The van der Waals surface area contributed by atoms with Gasteiger partial charge in [0, 0.05) is 6.61 Å². The number of ether oxygens (including phenoxy) is 2. The van der Waals surface area contributed by atoms with Crippen LogP contribution in [0.2, 0.25) is 0 Å². The van der Waals surface area contributed by atoms with Crippen LogP contribution in [-0.4, -0.2) is 19.0 Å². The second kappa shape index (κ2) is 6.27. The van der Waals surface area contributed by atoms with Gasteiger partial charge in [0.1, 0.15) is 6.10 Å². The molecule has 0 aromatic heterocycles. The van der Waals surface area contributed by atoms with Gasteiger partial charge in [-0.05, 0) is 38.0 Å². The first kappa shape index (κ1) is 12.0. The van der Waals surface area contributed by atoms with E-state index in [1.165, 1.54) is 38.5 Å². The molecule has 2 fully saturated rings. The van der Waals surface area contributed by atoms with E-state index in [1.54, 1.807) is 0 Å². The monoisotopic (exact) mass is 222 g/mol. The summed E-state index contributed by atoms with van der Waals surface area (Å²) in [5.74, 6) is 3.38. The molecule has 0 radical (unpaired) electrons. The Bertz CT molecular complexity index is 232. The van der Waals surface area contributed by atoms with Gasteiger partial charge in [0.05, 0.1) is 0 Å². The normalized spacial score (nSPS) is 29.6. The summed E-state index contributed by atoms with van der Waals surface area (Å²) in [6, 6.07) is 0. The van der Waals surface area contributed by atoms with Gasteiger partial charge in [-0.1, -0.05) is 25.2 Å². The molecular formula is C14H22O2. The predicted octanol–water partition coefficient (Wildman–Crippen LogP) is 3.11. The highest BCUT2D eigenvalue weighted by atomic mass is 16.7. The summed E-state index contributed by atoms with van der Waals surface area (Å²) in [7, 11) is 0. The van der Waals surface area contributed by atoms with Gasteiger partial charge < -0.3 is 9.47 Å². The van der Waals surface area contributed by atoms with Crippen molar-refractivity contribution in [1.29, 1.82) is 0 Å².